The topological polar surface area (TPSA) is 145 Å². The lowest BCUT2D eigenvalue weighted by Crippen LogP contribution is -2.39. The van der Waals surface area contributed by atoms with Crippen LogP contribution >= 0.6 is 0 Å². The minimum atomic E-state index is -1.01. The van der Waals surface area contributed by atoms with Crippen molar-refractivity contribution in [2.45, 2.75) is 31.3 Å². The van der Waals surface area contributed by atoms with Gasteiger partial charge in [-0.05, 0) is 6.92 Å². The molecule has 0 bridgehead atoms. The number of hydrogen-bond acceptors (Lipinski definition) is 8. The Balaban J connectivity index is 2.04. The lowest BCUT2D eigenvalue weighted by Gasteiger charge is -2.24. The zero-order valence-electron chi connectivity index (χ0n) is 10.9. The van der Waals surface area contributed by atoms with Gasteiger partial charge in [0, 0.05) is 6.42 Å². The number of hydrogen-bond donors (Lipinski definition) is 4. The number of nitrogen functional groups attached to an aromatic ring is 2. The van der Waals surface area contributed by atoms with Gasteiger partial charge in [0.1, 0.15) is 17.3 Å². The van der Waals surface area contributed by atoms with Crippen LogP contribution < -0.4 is 11.5 Å². The van der Waals surface area contributed by atoms with Crippen molar-refractivity contribution in [3.05, 3.63) is 6.33 Å². The van der Waals surface area contributed by atoms with Gasteiger partial charge in [0.15, 0.2) is 11.5 Å². The zero-order valence-corrected chi connectivity index (χ0v) is 10.9. The molecule has 3 rings (SSSR count). The fourth-order valence-corrected chi connectivity index (χ4v) is 2.36. The van der Waals surface area contributed by atoms with Gasteiger partial charge in [-0.3, -0.25) is 4.57 Å². The van der Waals surface area contributed by atoms with Crippen LogP contribution in [0.25, 0.3) is 11.2 Å². The first-order chi connectivity index (χ1) is 9.44. The molecule has 2 aromatic heterocycles. The van der Waals surface area contributed by atoms with Crippen LogP contribution in [0.5, 0.6) is 0 Å². The Bertz CT molecular complexity index is 659. The summed E-state index contributed by atoms with van der Waals surface area (Å²) in [4.78, 5) is 12.1. The molecule has 1 saturated heterocycles. The van der Waals surface area contributed by atoms with E-state index >= 15 is 0 Å². The van der Waals surface area contributed by atoms with E-state index in [9.17, 15) is 10.2 Å². The maximum Gasteiger partial charge on any atom is 0.224 e. The van der Waals surface area contributed by atoms with E-state index in [0.717, 1.165) is 0 Å². The van der Waals surface area contributed by atoms with E-state index in [1.165, 1.54) is 6.33 Å². The number of aliphatic hydroxyl groups excluding tert-OH is 2. The summed E-state index contributed by atoms with van der Waals surface area (Å²) in [5.41, 5.74) is 11.2. The van der Waals surface area contributed by atoms with E-state index in [1.54, 1.807) is 11.5 Å². The molecular weight excluding hydrogens is 264 g/mol. The minimum Gasteiger partial charge on any atom is -0.393 e. The van der Waals surface area contributed by atoms with Crippen LogP contribution in [0.15, 0.2) is 6.33 Å². The fourth-order valence-electron chi connectivity index (χ4n) is 2.36. The highest BCUT2D eigenvalue weighted by atomic mass is 16.6. The van der Waals surface area contributed by atoms with Gasteiger partial charge in [-0.15, -0.1) is 0 Å². The maximum absolute atomic E-state index is 10.00. The van der Waals surface area contributed by atoms with E-state index in [0.29, 0.717) is 17.6 Å². The molecule has 1 aliphatic heterocycles. The van der Waals surface area contributed by atoms with Crippen molar-refractivity contribution in [2.75, 3.05) is 18.1 Å². The molecule has 1 fully saturated rings. The highest BCUT2D eigenvalue weighted by Gasteiger charge is 2.45. The van der Waals surface area contributed by atoms with Gasteiger partial charge in [-0.1, -0.05) is 0 Å². The SMILES string of the molecule is C[C@]1(CO)O[C@@H](n2cnc3c(N)nc(N)nc32)C[C@@H]1O. The Kier molecular flexibility index (Phi) is 2.78. The second-order valence-electron chi connectivity index (χ2n) is 5.09. The number of nitrogens with two attached hydrogens (primary N) is 2. The van der Waals surface area contributed by atoms with Crippen LogP contribution in [-0.2, 0) is 4.74 Å². The smallest absolute Gasteiger partial charge is 0.224 e. The van der Waals surface area contributed by atoms with Gasteiger partial charge in [0.25, 0.3) is 0 Å². The molecule has 108 valence electrons. The molecule has 9 nitrogen and oxygen atoms in total. The van der Waals surface area contributed by atoms with Crippen molar-refractivity contribution in [3.8, 4) is 0 Å². The summed E-state index contributed by atoms with van der Waals surface area (Å²) < 4.78 is 7.36. The number of aliphatic hydroxyl groups is 2. The number of aromatic nitrogens is 4. The summed E-state index contributed by atoms with van der Waals surface area (Å²) in [6, 6.07) is 0. The Morgan fingerprint density at radius 2 is 2.25 bits per heavy atom. The normalized spacial score (nSPS) is 30.1. The van der Waals surface area contributed by atoms with Crippen LogP contribution in [-0.4, -0.2) is 48.0 Å². The van der Waals surface area contributed by atoms with Crippen molar-refractivity contribution in [3.63, 3.8) is 0 Å². The summed E-state index contributed by atoms with van der Waals surface area (Å²) in [6.07, 6.45) is 0.537. The Hall–Kier alpha value is -1.97. The third-order valence-electron chi connectivity index (χ3n) is 3.62. The lowest BCUT2D eigenvalue weighted by molar-refractivity contribution is -0.115. The van der Waals surface area contributed by atoms with E-state index in [2.05, 4.69) is 15.0 Å². The fraction of sp³-hybridized carbons (Fsp3) is 0.545. The lowest BCUT2D eigenvalue weighted by atomic mass is 10.0. The van der Waals surface area contributed by atoms with Crippen LogP contribution in [0.2, 0.25) is 0 Å². The predicted molar refractivity (Wildman–Crippen MR) is 70.4 cm³/mol. The first kappa shape index (κ1) is 13.0. The molecule has 0 saturated carbocycles. The molecule has 3 atom stereocenters. The van der Waals surface area contributed by atoms with Crippen LogP contribution in [0, 0.1) is 0 Å². The first-order valence-corrected chi connectivity index (χ1v) is 6.17. The second kappa shape index (κ2) is 4.27. The Morgan fingerprint density at radius 1 is 1.50 bits per heavy atom. The maximum atomic E-state index is 10.00. The third kappa shape index (κ3) is 1.79. The van der Waals surface area contributed by atoms with Crippen molar-refractivity contribution in [1.82, 2.24) is 19.5 Å². The molecule has 0 amide bonds. The van der Waals surface area contributed by atoms with Gasteiger partial charge in [0.2, 0.25) is 5.95 Å². The number of nitrogens with zero attached hydrogens (tertiary/aromatic N) is 4. The molecule has 20 heavy (non-hydrogen) atoms. The number of rotatable bonds is 2. The van der Waals surface area contributed by atoms with E-state index in [-0.39, 0.29) is 18.4 Å². The monoisotopic (exact) mass is 280 g/mol. The number of ether oxygens (including phenoxy) is 1. The summed E-state index contributed by atoms with van der Waals surface area (Å²) in [6.45, 7) is 1.37. The largest absolute Gasteiger partial charge is 0.393 e. The first-order valence-electron chi connectivity index (χ1n) is 6.17. The summed E-state index contributed by atoms with van der Waals surface area (Å²) in [7, 11) is 0. The minimum absolute atomic E-state index is 0.0419. The molecule has 2 aromatic rings. The summed E-state index contributed by atoms with van der Waals surface area (Å²) in [5.74, 6) is 0.231. The molecule has 0 radical (unpaired) electrons. The molecule has 1 aliphatic rings. The van der Waals surface area contributed by atoms with Crippen molar-refractivity contribution in [1.29, 1.82) is 0 Å². The average molecular weight is 280 g/mol. The van der Waals surface area contributed by atoms with Crippen molar-refractivity contribution < 1.29 is 14.9 Å². The van der Waals surface area contributed by atoms with Crippen LogP contribution in [0.1, 0.15) is 19.6 Å². The Morgan fingerprint density at radius 3 is 2.90 bits per heavy atom. The molecule has 6 N–H and O–H groups in total. The molecule has 9 heteroatoms. The standard InChI is InChI=1S/C11H16N6O3/c1-11(3-18)5(19)2-6(20-11)17-4-14-7-8(12)15-10(13)16-9(7)17/h4-6,18-19H,2-3H2,1H3,(H4,12,13,15,16)/t5-,6+,11+/m0/s1. The van der Waals surface area contributed by atoms with Crippen molar-refractivity contribution >= 4 is 22.9 Å². The van der Waals surface area contributed by atoms with Crippen LogP contribution in [0.3, 0.4) is 0 Å². The number of imidazole rings is 1. The average Bonchev–Trinajstić information content (AvgIpc) is 2.92. The zero-order chi connectivity index (χ0) is 14.5. The number of fused-ring (bicyclic) bond motifs is 1. The third-order valence-corrected chi connectivity index (χ3v) is 3.62. The highest BCUT2D eigenvalue weighted by Crippen LogP contribution is 2.37. The van der Waals surface area contributed by atoms with Crippen LogP contribution in [0.4, 0.5) is 11.8 Å². The Labute approximate surface area is 114 Å². The molecule has 0 unspecified atom stereocenters. The van der Waals surface area contributed by atoms with Gasteiger partial charge in [-0.2, -0.15) is 9.97 Å². The molecule has 0 aliphatic carbocycles. The molecule has 0 aromatic carbocycles. The second-order valence-corrected chi connectivity index (χ2v) is 5.09. The van der Waals surface area contributed by atoms with Gasteiger partial charge >= 0.3 is 0 Å². The molecule has 0 spiro atoms. The predicted octanol–water partition coefficient (Wildman–Crippen LogP) is -0.978. The van der Waals surface area contributed by atoms with E-state index < -0.39 is 17.9 Å². The van der Waals surface area contributed by atoms with Crippen molar-refractivity contribution in [2.24, 2.45) is 0 Å². The van der Waals surface area contributed by atoms with E-state index in [1.807, 2.05) is 0 Å². The van der Waals surface area contributed by atoms with Gasteiger partial charge < -0.3 is 26.4 Å². The van der Waals surface area contributed by atoms with E-state index in [4.69, 9.17) is 16.2 Å². The number of anilines is 2. The molecular formula is C11H16N6O3. The van der Waals surface area contributed by atoms with Gasteiger partial charge in [-0.25, -0.2) is 4.98 Å². The quantitative estimate of drug-likeness (QED) is 0.549. The summed E-state index contributed by atoms with van der Waals surface area (Å²) in [5, 5.41) is 19.3. The highest BCUT2D eigenvalue weighted by molar-refractivity contribution is 5.82. The van der Waals surface area contributed by atoms with Gasteiger partial charge in [0.05, 0.1) is 19.0 Å². The molecule has 3 heterocycles. The summed E-state index contributed by atoms with van der Waals surface area (Å²) >= 11 is 0.